The predicted octanol–water partition coefficient (Wildman–Crippen LogP) is 8.07. The van der Waals surface area contributed by atoms with Crippen molar-refractivity contribution in [2.75, 3.05) is 18.4 Å². The van der Waals surface area contributed by atoms with Gasteiger partial charge in [0.1, 0.15) is 0 Å². The Morgan fingerprint density at radius 2 is 1.46 bits per heavy atom. The molecular weight excluding hydrogens is 512 g/mol. The van der Waals surface area contributed by atoms with E-state index in [0.29, 0.717) is 18.9 Å². The minimum absolute atomic E-state index is 0.0747. The molecule has 41 heavy (non-hydrogen) atoms. The Labute approximate surface area is 245 Å². The molecule has 0 saturated carbocycles. The molecule has 2 N–H and O–H groups in total. The van der Waals surface area contributed by atoms with Gasteiger partial charge >= 0.3 is 12.0 Å². The molecule has 0 spiro atoms. The number of carbonyl (C=O) groups is 2. The molecule has 220 valence electrons. The molecule has 3 aromatic carbocycles. The van der Waals surface area contributed by atoms with Crippen LogP contribution in [-0.2, 0) is 29.0 Å². The lowest BCUT2D eigenvalue weighted by atomic mass is 10.0. The largest absolute Gasteiger partial charge is 0.479 e. The molecule has 3 aromatic rings. The van der Waals surface area contributed by atoms with Crippen LogP contribution in [0.3, 0.4) is 0 Å². The summed E-state index contributed by atoms with van der Waals surface area (Å²) in [5.41, 5.74) is 5.01. The fourth-order valence-corrected chi connectivity index (χ4v) is 4.68. The number of anilines is 1. The number of amides is 2. The van der Waals surface area contributed by atoms with E-state index < -0.39 is 12.1 Å². The number of rotatable bonds is 17. The number of benzene rings is 3. The van der Waals surface area contributed by atoms with Crippen LogP contribution in [0.4, 0.5) is 10.5 Å². The van der Waals surface area contributed by atoms with Crippen LogP contribution in [0.15, 0.2) is 78.9 Å². The van der Waals surface area contributed by atoms with Gasteiger partial charge in [0.25, 0.3) is 0 Å². The molecule has 0 saturated heterocycles. The number of unbranched alkanes of at least 4 members (excludes halogenated alkanes) is 4. The smallest absolute Gasteiger partial charge is 0.333 e. The number of urea groups is 1. The van der Waals surface area contributed by atoms with Gasteiger partial charge in [0.05, 0.1) is 6.61 Å². The summed E-state index contributed by atoms with van der Waals surface area (Å²) in [6, 6.07) is 25.6. The highest BCUT2D eigenvalue weighted by atomic mass is 16.5. The van der Waals surface area contributed by atoms with E-state index in [9.17, 15) is 14.7 Å². The van der Waals surface area contributed by atoms with E-state index in [-0.39, 0.29) is 12.6 Å². The van der Waals surface area contributed by atoms with Crippen molar-refractivity contribution in [3.8, 4) is 0 Å². The van der Waals surface area contributed by atoms with Crippen molar-refractivity contribution in [1.82, 2.24) is 4.90 Å². The number of carboxylic acids is 1. The van der Waals surface area contributed by atoms with E-state index >= 15 is 0 Å². The number of hydrogen-bond donors (Lipinski definition) is 2. The van der Waals surface area contributed by atoms with Crippen molar-refractivity contribution >= 4 is 17.7 Å². The van der Waals surface area contributed by atoms with Crippen LogP contribution < -0.4 is 5.32 Å². The third-order valence-corrected chi connectivity index (χ3v) is 7.33. The average Bonchev–Trinajstić information content (AvgIpc) is 2.98. The zero-order valence-corrected chi connectivity index (χ0v) is 24.9. The highest BCUT2D eigenvalue weighted by Crippen LogP contribution is 2.18. The third-order valence-electron chi connectivity index (χ3n) is 7.33. The normalized spacial score (nSPS) is 11.8. The molecule has 1 atom stereocenters. The molecule has 1 unspecified atom stereocenters. The van der Waals surface area contributed by atoms with Gasteiger partial charge in [0.15, 0.2) is 6.10 Å². The molecule has 0 aliphatic carbocycles. The molecule has 6 nitrogen and oxygen atoms in total. The Bertz CT molecular complexity index is 1180. The van der Waals surface area contributed by atoms with Gasteiger partial charge in [-0.05, 0) is 53.1 Å². The van der Waals surface area contributed by atoms with E-state index in [0.717, 1.165) is 48.2 Å². The van der Waals surface area contributed by atoms with Crippen LogP contribution in [0.2, 0.25) is 0 Å². The Hall–Kier alpha value is -3.64. The van der Waals surface area contributed by atoms with E-state index in [4.69, 9.17) is 4.74 Å². The molecule has 0 fully saturated rings. The molecule has 0 radical (unpaired) electrons. The minimum Gasteiger partial charge on any atom is -0.479 e. The average molecular weight is 559 g/mol. The summed E-state index contributed by atoms with van der Waals surface area (Å²) in [7, 11) is 0. The second-order valence-electron chi connectivity index (χ2n) is 11.0. The van der Waals surface area contributed by atoms with Gasteiger partial charge < -0.3 is 20.1 Å². The lowest BCUT2D eigenvalue weighted by Gasteiger charge is -2.23. The summed E-state index contributed by atoms with van der Waals surface area (Å²) in [4.78, 5) is 26.9. The number of nitrogens with one attached hydrogen (secondary N) is 1. The first kappa shape index (κ1) is 31.9. The zero-order valence-electron chi connectivity index (χ0n) is 24.9. The maximum atomic E-state index is 13.2. The second kappa shape index (κ2) is 17.2. The first-order valence-electron chi connectivity index (χ1n) is 15.0. The Morgan fingerprint density at radius 1 is 0.805 bits per heavy atom. The molecule has 0 aliphatic heterocycles. The lowest BCUT2D eigenvalue weighted by Crippen LogP contribution is -2.37. The van der Waals surface area contributed by atoms with Crippen molar-refractivity contribution in [1.29, 1.82) is 0 Å². The molecule has 2 amide bonds. The van der Waals surface area contributed by atoms with E-state index in [2.05, 4.69) is 38.2 Å². The second-order valence-corrected chi connectivity index (χ2v) is 11.0. The van der Waals surface area contributed by atoms with Crippen LogP contribution in [0.25, 0.3) is 0 Å². The van der Waals surface area contributed by atoms with Crippen LogP contribution in [0.1, 0.15) is 81.0 Å². The van der Waals surface area contributed by atoms with Gasteiger partial charge in [-0.3, -0.25) is 0 Å². The fourth-order valence-electron chi connectivity index (χ4n) is 4.68. The molecule has 0 aliphatic rings. The monoisotopic (exact) mass is 558 g/mol. The van der Waals surface area contributed by atoms with E-state index in [1.165, 1.54) is 24.8 Å². The Balaban J connectivity index is 1.56. The molecule has 0 bridgehead atoms. The maximum Gasteiger partial charge on any atom is 0.333 e. The molecule has 0 heterocycles. The summed E-state index contributed by atoms with van der Waals surface area (Å²) in [6.45, 7) is 8.11. The number of carboxylic acid groups (broad SMARTS) is 1. The van der Waals surface area contributed by atoms with Crippen LogP contribution in [0, 0.1) is 0 Å². The summed E-state index contributed by atoms with van der Waals surface area (Å²) in [5, 5.41) is 12.7. The van der Waals surface area contributed by atoms with Gasteiger partial charge in [0, 0.05) is 25.2 Å². The number of carbonyl (C=O) groups excluding carboxylic acids is 1. The van der Waals surface area contributed by atoms with Crippen LogP contribution >= 0.6 is 0 Å². The molecule has 3 rings (SSSR count). The van der Waals surface area contributed by atoms with Crippen LogP contribution in [0.5, 0.6) is 0 Å². The van der Waals surface area contributed by atoms with Gasteiger partial charge in [-0.25, -0.2) is 9.59 Å². The third kappa shape index (κ3) is 11.4. The molecule has 0 aromatic heterocycles. The number of nitrogens with zero attached hydrogens (tertiary/aromatic N) is 1. The van der Waals surface area contributed by atoms with Crippen LogP contribution in [-0.4, -0.2) is 41.2 Å². The van der Waals surface area contributed by atoms with Crippen molar-refractivity contribution in [3.05, 3.63) is 101 Å². The van der Waals surface area contributed by atoms with E-state index in [1.807, 2.05) is 71.6 Å². The van der Waals surface area contributed by atoms with Crippen molar-refractivity contribution < 1.29 is 19.4 Å². The van der Waals surface area contributed by atoms with Gasteiger partial charge in [-0.1, -0.05) is 113 Å². The highest BCUT2D eigenvalue weighted by Gasteiger charge is 2.19. The molecule has 6 heteroatoms. The van der Waals surface area contributed by atoms with Gasteiger partial charge in [-0.15, -0.1) is 0 Å². The number of ether oxygens (including phenoxy) is 1. The quantitative estimate of drug-likeness (QED) is 0.164. The van der Waals surface area contributed by atoms with Crippen molar-refractivity contribution in [2.24, 2.45) is 0 Å². The Kier molecular flexibility index (Phi) is 13.4. The lowest BCUT2D eigenvalue weighted by molar-refractivity contribution is -0.151. The molecular formula is C35H46N2O4. The first-order chi connectivity index (χ1) is 19.9. The maximum absolute atomic E-state index is 13.2. The summed E-state index contributed by atoms with van der Waals surface area (Å²) in [6.07, 6.45) is 5.81. The predicted molar refractivity (Wildman–Crippen MR) is 166 cm³/mol. The Morgan fingerprint density at radius 3 is 2.10 bits per heavy atom. The fraction of sp³-hybridized carbons (Fsp3) is 0.429. The topological polar surface area (TPSA) is 78.9 Å². The summed E-state index contributed by atoms with van der Waals surface area (Å²) < 4.78 is 5.71. The zero-order chi connectivity index (χ0) is 29.5. The van der Waals surface area contributed by atoms with Gasteiger partial charge in [-0.2, -0.15) is 0 Å². The summed E-state index contributed by atoms with van der Waals surface area (Å²) >= 11 is 0. The van der Waals surface area contributed by atoms with Gasteiger partial charge in [0.2, 0.25) is 0 Å². The van der Waals surface area contributed by atoms with E-state index in [1.54, 1.807) is 0 Å². The standard InChI is InChI=1S/C35H46N2O4/c1-4-5-6-7-11-23-37(35(40)36-32-20-18-31(19-21-32)27(2)3)24-22-28-14-16-29(17-15-28)25-33(34(38)39)41-26-30-12-9-8-10-13-30/h8-10,12-21,27,33H,4-7,11,22-26H2,1-3H3,(H,36,40)(H,38,39). The SMILES string of the molecule is CCCCCCCN(CCc1ccc(CC(OCc2ccccc2)C(=O)O)cc1)C(=O)Nc1ccc(C(C)C)cc1. The first-order valence-corrected chi connectivity index (χ1v) is 15.0. The summed E-state index contributed by atoms with van der Waals surface area (Å²) in [5.74, 6) is -0.521. The van der Waals surface area contributed by atoms with Crippen molar-refractivity contribution in [2.45, 2.75) is 84.3 Å². The minimum atomic E-state index is -0.968. The highest BCUT2D eigenvalue weighted by molar-refractivity contribution is 5.89. The number of aliphatic carboxylic acids is 1. The number of hydrogen-bond acceptors (Lipinski definition) is 3. The van der Waals surface area contributed by atoms with Crippen molar-refractivity contribution in [3.63, 3.8) is 0 Å².